The summed E-state index contributed by atoms with van der Waals surface area (Å²) < 4.78 is 7.01. The van der Waals surface area contributed by atoms with Crippen LogP contribution in [0.2, 0.25) is 0 Å². The summed E-state index contributed by atoms with van der Waals surface area (Å²) in [6.45, 7) is 1.75. The van der Waals surface area contributed by atoms with E-state index in [1.54, 1.807) is 37.9 Å². The largest absolute Gasteiger partial charge is 0.441 e. The SMILES string of the molecule is Cc1coc(C(=O)Nc2cc3cc(-c4cncn4C)cnc3cn2)n1. The van der Waals surface area contributed by atoms with E-state index in [0.717, 1.165) is 22.2 Å². The fourth-order valence-corrected chi connectivity index (χ4v) is 2.50. The fraction of sp³-hybridized carbons (Fsp3) is 0.118. The van der Waals surface area contributed by atoms with E-state index >= 15 is 0 Å². The van der Waals surface area contributed by atoms with Gasteiger partial charge in [0.1, 0.15) is 12.1 Å². The molecule has 124 valence electrons. The van der Waals surface area contributed by atoms with Crippen molar-refractivity contribution in [2.24, 2.45) is 7.05 Å². The van der Waals surface area contributed by atoms with Crippen LogP contribution >= 0.6 is 0 Å². The highest BCUT2D eigenvalue weighted by Gasteiger charge is 2.13. The number of fused-ring (bicyclic) bond motifs is 1. The summed E-state index contributed by atoms with van der Waals surface area (Å²) in [6.07, 6.45) is 8.31. The van der Waals surface area contributed by atoms with E-state index in [4.69, 9.17) is 4.42 Å². The third-order valence-corrected chi connectivity index (χ3v) is 3.73. The number of nitrogens with zero attached hydrogens (tertiary/aromatic N) is 5. The Morgan fingerprint density at radius 2 is 2.08 bits per heavy atom. The van der Waals surface area contributed by atoms with E-state index in [2.05, 4.69) is 25.3 Å². The zero-order valence-electron chi connectivity index (χ0n) is 13.6. The monoisotopic (exact) mass is 334 g/mol. The summed E-state index contributed by atoms with van der Waals surface area (Å²) >= 11 is 0. The lowest BCUT2D eigenvalue weighted by Crippen LogP contribution is -2.13. The molecule has 0 spiro atoms. The van der Waals surface area contributed by atoms with Crippen LogP contribution in [0.3, 0.4) is 0 Å². The highest BCUT2D eigenvalue weighted by molar-refractivity contribution is 6.01. The Morgan fingerprint density at radius 3 is 2.80 bits per heavy atom. The first-order chi connectivity index (χ1) is 12.1. The van der Waals surface area contributed by atoms with E-state index < -0.39 is 5.91 Å². The van der Waals surface area contributed by atoms with Gasteiger partial charge >= 0.3 is 5.91 Å². The lowest BCUT2D eigenvalue weighted by Gasteiger charge is -2.06. The zero-order valence-corrected chi connectivity index (χ0v) is 13.6. The maximum Gasteiger partial charge on any atom is 0.312 e. The van der Waals surface area contributed by atoms with Crippen LogP contribution in [-0.2, 0) is 7.05 Å². The molecule has 1 N–H and O–H groups in total. The van der Waals surface area contributed by atoms with E-state index in [9.17, 15) is 4.79 Å². The number of aryl methyl sites for hydroxylation is 2. The normalized spacial score (nSPS) is 11.0. The van der Waals surface area contributed by atoms with Gasteiger partial charge in [-0.15, -0.1) is 0 Å². The van der Waals surface area contributed by atoms with Crippen molar-refractivity contribution in [3.8, 4) is 11.3 Å². The number of amides is 1. The highest BCUT2D eigenvalue weighted by atomic mass is 16.4. The molecule has 0 aliphatic carbocycles. The smallest absolute Gasteiger partial charge is 0.312 e. The number of imidazole rings is 1. The standard InChI is InChI=1S/C17H14N6O2/c1-10-8-25-17(21-10)16(24)22-15-4-11-3-12(5-19-13(11)6-20-15)14-7-18-9-23(14)2/h3-9H,1-2H3,(H,20,22,24). The molecule has 4 heterocycles. The summed E-state index contributed by atoms with van der Waals surface area (Å²) in [4.78, 5) is 28.9. The van der Waals surface area contributed by atoms with Crippen molar-refractivity contribution >= 4 is 22.6 Å². The van der Waals surface area contributed by atoms with Gasteiger partial charge in [-0.25, -0.2) is 15.0 Å². The van der Waals surface area contributed by atoms with E-state index in [1.165, 1.54) is 6.26 Å². The molecule has 0 aliphatic heterocycles. The number of hydrogen-bond donors (Lipinski definition) is 1. The summed E-state index contributed by atoms with van der Waals surface area (Å²) in [6, 6.07) is 3.74. The van der Waals surface area contributed by atoms with Gasteiger partial charge in [-0.1, -0.05) is 0 Å². The van der Waals surface area contributed by atoms with Gasteiger partial charge in [-0.2, -0.15) is 0 Å². The van der Waals surface area contributed by atoms with E-state index in [1.807, 2.05) is 17.7 Å². The molecule has 0 saturated carbocycles. The molecule has 0 atom stereocenters. The fourth-order valence-electron chi connectivity index (χ4n) is 2.50. The molecule has 25 heavy (non-hydrogen) atoms. The molecule has 8 heteroatoms. The van der Waals surface area contributed by atoms with Crippen molar-refractivity contribution in [2.45, 2.75) is 6.92 Å². The number of carbonyl (C=O) groups excluding carboxylic acids is 1. The highest BCUT2D eigenvalue weighted by Crippen LogP contribution is 2.23. The summed E-state index contributed by atoms with van der Waals surface area (Å²) in [5, 5.41) is 3.53. The molecule has 0 aliphatic rings. The van der Waals surface area contributed by atoms with Crippen molar-refractivity contribution < 1.29 is 9.21 Å². The predicted molar refractivity (Wildman–Crippen MR) is 90.9 cm³/mol. The lowest BCUT2D eigenvalue weighted by molar-refractivity contribution is 0.0990. The van der Waals surface area contributed by atoms with E-state index in [-0.39, 0.29) is 5.89 Å². The van der Waals surface area contributed by atoms with Gasteiger partial charge in [0.05, 0.1) is 35.6 Å². The van der Waals surface area contributed by atoms with E-state index in [0.29, 0.717) is 11.5 Å². The van der Waals surface area contributed by atoms with Crippen LogP contribution in [0.1, 0.15) is 16.4 Å². The first-order valence-corrected chi connectivity index (χ1v) is 7.56. The third kappa shape index (κ3) is 2.85. The van der Waals surface area contributed by atoms with Crippen molar-refractivity contribution in [1.82, 2.24) is 24.5 Å². The van der Waals surface area contributed by atoms with Crippen LogP contribution < -0.4 is 5.32 Å². The first kappa shape index (κ1) is 15.0. The van der Waals surface area contributed by atoms with Crippen LogP contribution in [0.4, 0.5) is 5.82 Å². The molecule has 0 radical (unpaired) electrons. The number of anilines is 1. The molecule has 0 unspecified atom stereocenters. The van der Waals surface area contributed by atoms with Crippen molar-refractivity contribution in [3.05, 3.63) is 54.9 Å². The van der Waals surface area contributed by atoms with Crippen molar-refractivity contribution in [3.63, 3.8) is 0 Å². The molecule has 0 fully saturated rings. The molecule has 0 bridgehead atoms. The lowest BCUT2D eigenvalue weighted by atomic mass is 10.1. The zero-order chi connectivity index (χ0) is 17.4. The molecule has 4 rings (SSSR count). The Kier molecular flexibility index (Phi) is 3.50. The maximum atomic E-state index is 12.1. The third-order valence-electron chi connectivity index (χ3n) is 3.73. The molecule has 8 nitrogen and oxygen atoms in total. The minimum Gasteiger partial charge on any atom is -0.441 e. The molecular formula is C17H14N6O2. The summed E-state index contributed by atoms with van der Waals surface area (Å²) in [7, 11) is 1.92. The summed E-state index contributed by atoms with van der Waals surface area (Å²) in [5.41, 5.74) is 3.25. The number of hydrogen-bond acceptors (Lipinski definition) is 6. The van der Waals surface area contributed by atoms with Gasteiger partial charge in [-0.3, -0.25) is 9.78 Å². The van der Waals surface area contributed by atoms with Crippen LogP contribution in [0.25, 0.3) is 22.2 Å². The molecule has 0 aromatic carbocycles. The Labute approximate surface area is 142 Å². The first-order valence-electron chi connectivity index (χ1n) is 7.56. The minimum absolute atomic E-state index is 0.00107. The molecule has 4 aromatic heterocycles. The van der Waals surface area contributed by atoms with Crippen LogP contribution in [0.15, 0.2) is 47.7 Å². The molecule has 0 saturated heterocycles. The van der Waals surface area contributed by atoms with Crippen LogP contribution in [-0.4, -0.2) is 30.4 Å². The second-order valence-electron chi connectivity index (χ2n) is 5.62. The topological polar surface area (TPSA) is 98.7 Å². The Bertz CT molecular complexity index is 1080. The van der Waals surface area contributed by atoms with Gasteiger partial charge < -0.3 is 14.3 Å². The number of pyridine rings is 2. The Morgan fingerprint density at radius 1 is 1.20 bits per heavy atom. The Balaban J connectivity index is 1.67. The summed E-state index contributed by atoms with van der Waals surface area (Å²) in [5.74, 6) is -0.0471. The average molecular weight is 334 g/mol. The Hall–Kier alpha value is -3.55. The van der Waals surface area contributed by atoms with Gasteiger partial charge in [0.25, 0.3) is 5.89 Å². The maximum absolute atomic E-state index is 12.1. The van der Waals surface area contributed by atoms with Crippen LogP contribution in [0.5, 0.6) is 0 Å². The van der Waals surface area contributed by atoms with Crippen LogP contribution in [0, 0.1) is 6.92 Å². The predicted octanol–water partition coefficient (Wildman–Crippen LogP) is 2.58. The van der Waals surface area contributed by atoms with Gasteiger partial charge in [-0.05, 0) is 19.1 Å². The van der Waals surface area contributed by atoms with Crippen molar-refractivity contribution in [1.29, 1.82) is 0 Å². The molecular weight excluding hydrogens is 320 g/mol. The molecule has 1 amide bonds. The second-order valence-corrected chi connectivity index (χ2v) is 5.62. The number of carbonyl (C=O) groups is 1. The average Bonchev–Trinajstić information content (AvgIpc) is 3.22. The number of aromatic nitrogens is 5. The van der Waals surface area contributed by atoms with Crippen molar-refractivity contribution in [2.75, 3.05) is 5.32 Å². The number of oxazole rings is 1. The second kappa shape index (κ2) is 5.82. The number of nitrogens with one attached hydrogen (secondary N) is 1. The van der Waals surface area contributed by atoms with Gasteiger partial charge in [0.15, 0.2) is 0 Å². The van der Waals surface area contributed by atoms with Gasteiger partial charge in [0.2, 0.25) is 0 Å². The quantitative estimate of drug-likeness (QED) is 0.618. The number of rotatable bonds is 3. The van der Waals surface area contributed by atoms with Gasteiger partial charge in [0, 0.05) is 24.2 Å². The minimum atomic E-state index is -0.448. The molecule has 4 aromatic rings.